The predicted octanol–water partition coefficient (Wildman–Crippen LogP) is -1.10. The molecule has 1 amide bonds. The van der Waals surface area contributed by atoms with E-state index in [4.69, 9.17) is 15.9 Å². The van der Waals surface area contributed by atoms with E-state index in [1.165, 1.54) is 24.3 Å². The molecule has 0 saturated carbocycles. The summed E-state index contributed by atoms with van der Waals surface area (Å²) in [6.07, 6.45) is -1.89. The molecule has 5 N–H and O–H groups in total. The minimum Gasteiger partial charge on any atom is -0.479 e. The number of benzene rings is 1. The van der Waals surface area contributed by atoms with E-state index in [-0.39, 0.29) is 23.4 Å². The molecule has 1 aromatic carbocycles. The lowest BCUT2D eigenvalue weighted by atomic mass is 10.2. The van der Waals surface area contributed by atoms with Crippen LogP contribution < -0.4 is 10.5 Å². The summed E-state index contributed by atoms with van der Waals surface area (Å²) in [5.41, 5.74) is 5.20. The van der Waals surface area contributed by atoms with Gasteiger partial charge in [0, 0.05) is 12.1 Å². The van der Waals surface area contributed by atoms with Crippen LogP contribution in [0.1, 0.15) is 16.8 Å². The van der Waals surface area contributed by atoms with E-state index in [2.05, 4.69) is 4.72 Å². The number of carbonyl (C=O) groups is 2. The minimum absolute atomic E-state index is 0.0904. The zero-order valence-electron chi connectivity index (χ0n) is 10.3. The Morgan fingerprint density at radius 3 is 2.25 bits per heavy atom. The van der Waals surface area contributed by atoms with Gasteiger partial charge in [-0.25, -0.2) is 17.9 Å². The van der Waals surface area contributed by atoms with Gasteiger partial charge in [0.2, 0.25) is 15.9 Å². The Hall–Kier alpha value is -1.97. The molecule has 0 aliphatic rings. The third-order valence-electron chi connectivity index (χ3n) is 2.44. The summed E-state index contributed by atoms with van der Waals surface area (Å²) < 4.78 is 25.8. The lowest BCUT2D eigenvalue weighted by molar-refractivity contribution is -0.146. The van der Waals surface area contributed by atoms with Gasteiger partial charge in [0.05, 0.1) is 4.90 Å². The summed E-state index contributed by atoms with van der Waals surface area (Å²) >= 11 is 0. The van der Waals surface area contributed by atoms with Crippen LogP contribution in [0.15, 0.2) is 29.2 Å². The third kappa shape index (κ3) is 4.30. The average molecular weight is 302 g/mol. The summed E-state index contributed by atoms with van der Waals surface area (Å²) in [5, 5.41) is 17.4. The Bertz CT molecular complexity index is 596. The zero-order valence-corrected chi connectivity index (χ0v) is 11.1. The molecular weight excluding hydrogens is 288 g/mol. The molecule has 0 spiro atoms. The van der Waals surface area contributed by atoms with Gasteiger partial charge >= 0.3 is 5.97 Å². The first kappa shape index (κ1) is 16.1. The zero-order chi connectivity index (χ0) is 15.3. The summed E-state index contributed by atoms with van der Waals surface area (Å²) in [5.74, 6) is -2.10. The number of hydrogen-bond donors (Lipinski definition) is 4. The fraction of sp³-hybridized carbons (Fsp3) is 0.273. The molecule has 9 heteroatoms. The van der Waals surface area contributed by atoms with E-state index in [0.29, 0.717) is 0 Å². The number of aliphatic carboxylic acids is 1. The van der Waals surface area contributed by atoms with Crippen molar-refractivity contribution in [1.29, 1.82) is 0 Å². The number of hydrogen-bond acceptors (Lipinski definition) is 5. The van der Waals surface area contributed by atoms with Crippen molar-refractivity contribution in [2.75, 3.05) is 6.54 Å². The number of carbonyl (C=O) groups excluding carboxylic acids is 1. The molecule has 0 aliphatic carbocycles. The molecule has 20 heavy (non-hydrogen) atoms. The number of sulfonamides is 1. The first-order valence-corrected chi connectivity index (χ1v) is 7.03. The molecule has 0 saturated heterocycles. The Morgan fingerprint density at radius 1 is 1.25 bits per heavy atom. The maximum Gasteiger partial charge on any atom is 0.332 e. The second-order valence-corrected chi connectivity index (χ2v) is 5.70. The van der Waals surface area contributed by atoms with Crippen molar-refractivity contribution >= 4 is 21.9 Å². The van der Waals surface area contributed by atoms with Crippen LogP contribution in [0.5, 0.6) is 0 Å². The van der Waals surface area contributed by atoms with Crippen LogP contribution >= 0.6 is 0 Å². The van der Waals surface area contributed by atoms with Crippen LogP contribution in [0.3, 0.4) is 0 Å². The van der Waals surface area contributed by atoms with Crippen molar-refractivity contribution in [1.82, 2.24) is 4.72 Å². The summed E-state index contributed by atoms with van der Waals surface area (Å²) in [6, 6.07) is 4.94. The Kier molecular flexibility index (Phi) is 5.19. The molecule has 0 aliphatic heterocycles. The van der Waals surface area contributed by atoms with Gasteiger partial charge in [-0.15, -0.1) is 0 Å². The van der Waals surface area contributed by atoms with Crippen LogP contribution in [-0.2, 0) is 14.8 Å². The average Bonchev–Trinajstić information content (AvgIpc) is 2.38. The molecular formula is C11H14N2O6S. The Morgan fingerprint density at radius 2 is 1.80 bits per heavy atom. The highest BCUT2D eigenvalue weighted by Crippen LogP contribution is 2.10. The number of rotatable bonds is 7. The molecule has 0 aromatic heterocycles. The number of amides is 1. The van der Waals surface area contributed by atoms with E-state index in [0.717, 1.165) is 0 Å². The van der Waals surface area contributed by atoms with E-state index in [9.17, 15) is 18.0 Å². The topological polar surface area (TPSA) is 147 Å². The third-order valence-corrected chi connectivity index (χ3v) is 3.92. The van der Waals surface area contributed by atoms with Crippen molar-refractivity contribution in [2.24, 2.45) is 5.73 Å². The highest BCUT2D eigenvalue weighted by Gasteiger charge is 2.17. The molecule has 1 aromatic rings. The quantitative estimate of drug-likeness (QED) is 0.502. The molecule has 0 radical (unpaired) electrons. The van der Waals surface area contributed by atoms with Crippen molar-refractivity contribution in [3.8, 4) is 0 Å². The molecule has 0 bridgehead atoms. The molecule has 0 heterocycles. The van der Waals surface area contributed by atoms with Crippen LogP contribution in [0.4, 0.5) is 0 Å². The van der Waals surface area contributed by atoms with E-state index >= 15 is 0 Å². The van der Waals surface area contributed by atoms with Gasteiger partial charge in [-0.05, 0) is 30.7 Å². The van der Waals surface area contributed by atoms with Gasteiger partial charge in [0.1, 0.15) is 0 Å². The first-order chi connectivity index (χ1) is 9.24. The molecule has 1 rings (SSSR count). The number of carboxylic acids is 1. The van der Waals surface area contributed by atoms with Crippen molar-refractivity contribution < 1.29 is 28.2 Å². The summed E-state index contributed by atoms with van der Waals surface area (Å²) in [7, 11) is -3.83. The predicted molar refractivity (Wildman–Crippen MR) is 68.4 cm³/mol. The standard InChI is InChI=1S/C11H14N2O6S/c12-10(15)7-1-3-8(4-2-7)20(18,19)13-6-5-9(14)11(16)17/h1-4,9,13-14H,5-6H2,(H2,12,15)(H,16,17)/t9-/m0/s1. The van der Waals surface area contributed by atoms with Gasteiger partial charge in [-0.3, -0.25) is 4.79 Å². The van der Waals surface area contributed by atoms with E-state index < -0.39 is 28.0 Å². The van der Waals surface area contributed by atoms with Crippen molar-refractivity contribution in [3.63, 3.8) is 0 Å². The normalized spacial score (nSPS) is 12.8. The van der Waals surface area contributed by atoms with Gasteiger partial charge in [0.25, 0.3) is 0 Å². The highest BCUT2D eigenvalue weighted by molar-refractivity contribution is 7.89. The first-order valence-electron chi connectivity index (χ1n) is 5.54. The lowest BCUT2D eigenvalue weighted by Gasteiger charge is -2.08. The number of aliphatic hydroxyl groups is 1. The second-order valence-electron chi connectivity index (χ2n) is 3.93. The van der Waals surface area contributed by atoms with Gasteiger partial charge in [-0.2, -0.15) is 0 Å². The monoisotopic (exact) mass is 302 g/mol. The number of primary amides is 1. The van der Waals surface area contributed by atoms with Crippen LogP contribution in [0.2, 0.25) is 0 Å². The largest absolute Gasteiger partial charge is 0.479 e. The number of nitrogens with one attached hydrogen (secondary N) is 1. The van der Waals surface area contributed by atoms with Crippen LogP contribution in [-0.4, -0.2) is 43.2 Å². The lowest BCUT2D eigenvalue weighted by Crippen LogP contribution is -2.30. The Labute approximate surface area is 115 Å². The number of carboxylic acid groups (broad SMARTS) is 1. The summed E-state index contributed by atoms with van der Waals surface area (Å²) in [6.45, 7) is -0.229. The van der Waals surface area contributed by atoms with Crippen LogP contribution in [0, 0.1) is 0 Å². The molecule has 0 unspecified atom stereocenters. The smallest absolute Gasteiger partial charge is 0.332 e. The molecule has 8 nitrogen and oxygen atoms in total. The fourth-order valence-corrected chi connectivity index (χ4v) is 2.38. The maximum absolute atomic E-state index is 11.8. The van der Waals surface area contributed by atoms with Gasteiger partial charge in [-0.1, -0.05) is 0 Å². The Balaban J connectivity index is 2.69. The second kappa shape index (κ2) is 6.46. The van der Waals surface area contributed by atoms with Gasteiger partial charge < -0.3 is 15.9 Å². The van der Waals surface area contributed by atoms with E-state index in [1.807, 2.05) is 0 Å². The molecule has 0 fully saturated rings. The highest BCUT2D eigenvalue weighted by atomic mass is 32.2. The van der Waals surface area contributed by atoms with Crippen molar-refractivity contribution in [2.45, 2.75) is 17.4 Å². The fourth-order valence-electron chi connectivity index (χ4n) is 1.34. The molecule has 110 valence electrons. The number of aliphatic hydroxyl groups excluding tert-OH is 1. The van der Waals surface area contributed by atoms with Crippen molar-refractivity contribution in [3.05, 3.63) is 29.8 Å². The van der Waals surface area contributed by atoms with Gasteiger partial charge in [0.15, 0.2) is 6.10 Å². The minimum atomic E-state index is -3.83. The maximum atomic E-state index is 11.8. The molecule has 1 atom stereocenters. The summed E-state index contributed by atoms with van der Waals surface area (Å²) in [4.78, 5) is 21.1. The van der Waals surface area contributed by atoms with E-state index in [1.54, 1.807) is 0 Å². The van der Waals surface area contributed by atoms with Crippen LogP contribution in [0.25, 0.3) is 0 Å². The number of nitrogens with two attached hydrogens (primary N) is 1. The SMILES string of the molecule is NC(=O)c1ccc(S(=O)(=O)NCC[C@H](O)C(=O)O)cc1.